The number of halogens is 2. The second-order valence-corrected chi connectivity index (χ2v) is 9.18. The molecule has 3 rings (SSSR count). The number of carbonyl (C=O) groups excluding carboxylic acids is 2. The van der Waals surface area contributed by atoms with E-state index in [4.69, 9.17) is 14.2 Å². The predicted molar refractivity (Wildman–Crippen MR) is 90.7 cm³/mol. The Bertz CT molecular complexity index is 527. The molecule has 0 spiro atoms. The van der Waals surface area contributed by atoms with Crippen LogP contribution in [-0.2, 0) is 23.8 Å². The van der Waals surface area contributed by atoms with Gasteiger partial charge in [-0.1, -0.05) is 57.5 Å². The van der Waals surface area contributed by atoms with Crippen LogP contribution in [0.4, 0.5) is 0 Å². The number of carbonyl (C=O) groups is 2. The van der Waals surface area contributed by atoms with E-state index in [-0.39, 0.29) is 12.2 Å². The Morgan fingerprint density at radius 2 is 1.30 bits per heavy atom. The summed E-state index contributed by atoms with van der Waals surface area (Å²) in [5, 5.41) is 0. The van der Waals surface area contributed by atoms with Crippen LogP contribution in [0, 0.1) is 0 Å². The molecule has 0 saturated carbocycles. The molecule has 23 heavy (non-hydrogen) atoms. The van der Waals surface area contributed by atoms with Gasteiger partial charge in [0.1, 0.15) is 12.2 Å². The number of hydrogen-bond acceptors (Lipinski definition) is 5. The van der Waals surface area contributed by atoms with Crippen molar-refractivity contribution in [2.45, 2.75) is 59.4 Å². The molecular formula is C16H20Br2O5. The molecular weight excluding hydrogens is 432 g/mol. The minimum absolute atomic E-state index is 0.137. The summed E-state index contributed by atoms with van der Waals surface area (Å²) in [6.07, 6.45) is 5.28. The van der Waals surface area contributed by atoms with Gasteiger partial charge in [-0.25, -0.2) is 9.59 Å². The summed E-state index contributed by atoms with van der Waals surface area (Å²) in [5.41, 5.74) is 0.703. The van der Waals surface area contributed by atoms with Crippen molar-refractivity contribution >= 4 is 43.8 Å². The Morgan fingerprint density at radius 1 is 0.913 bits per heavy atom. The smallest absolute Gasteiger partial charge is 0.335 e. The lowest BCUT2D eigenvalue weighted by Gasteiger charge is -2.40. The van der Waals surface area contributed by atoms with Crippen molar-refractivity contribution in [1.82, 2.24) is 0 Å². The molecule has 0 amide bonds. The SMILES string of the molecule is COC(=O)C1=C(C(=O)OC)C2(Br)CCCCCCC1(Br)C1OC12. The highest BCUT2D eigenvalue weighted by Gasteiger charge is 2.70. The van der Waals surface area contributed by atoms with E-state index in [1.807, 2.05) is 0 Å². The van der Waals surface area contributed by atoms with Gasteiger partial charge in [-0.15, -0.1) is 0 Å². The third-order valence-corrected chi connectivity index (χ3v) is 7.57. The third-order valence-electron chi connectivity index (χ3n) is 5.09. The Balaban J connectivity index is 2.24. The molecule has 4 atom stereocenters. The lowest BCUT2D eigenvalue weighted by Crippen LogP contribution is -2.51. The van der Waals surface area contributed by atoms with Gasteiger partial charge in [0.15, 0.2) is 0 Å². The summed E-state index contributed by atoms with van der Waals surface area (Å²) < 4.78 is 14.6. The fourth-order valence-electron chi connectivity index (χ4n) is 3.91. The van der Waals surface area contributed by atoms with Gasteiger partial charge in [0.2, 0.25) is 0 Å². The van der Waals surface area contributed by atoms with Crippen molar-refractivity contribution in [3.05, 3.63) is 11.1 Å². The van der Waals surface area contributed by atoms with Crippen molar-refractivity contribution in [3.8, 4) is 0 Å². The molecule has 3 aliphatic rings. The molecule has 2 bridgehead atoms. The third kappa shape index (κ3) is 2.59. The Labute approximate surface area is 152 Å². The highest BCUT2D eigenvalue weighted by atomic mass is 79.9. The normalized spacial score (nSPS) is 39.5. The molecule has 0 radical (unpaired) electrons. The molecule has 1 aliphatic heterocycles. The second-order valence-electron chi connectivity index (χ2n) is 6.35. The van der Waals surface area contributed by atoms with Gasteiger partial charge in [-0.2, -0.15) is 0 Å². The van der Waals surface area contributed by atoms with Crippen molar-refractivity contribution in [1.29, 1.82) is 0 Å². The van der Waals surface area contributed by atoms with Crippen molar-refractivity contribution in [2.24, 2.45) is 0 Å². The van der Waals surface area contributed by atoms with Crippen LogP contribution in [0.2, 0.25) is 0 Å². The van der Waals surface area contributed by atoms with Crippen LogP contribution in [0.5, 0.6) is 0 Å². The molecule has 4 unspecified atom stereocenters. The van der Waals surface area contributed by atoms with Gasteiger partial charge in [0, 0.05) is 0 Å². The Morgan fingerprint density at radius 3 is 1.65 bits per heavy atom. The number of hydrogen-bond donors (Lipinski definition) is 0. The van der Waals surface area contributed by atoms with Crippen LogP contribution >= 0.6 is 31.9 Å². The van der Waals surface area contributed by atoms with E-state index in [1.165, 1.54) is 14.2 Å². The standard InChI is InChI=1S/C16H20Br2O5/c1-21-13(19)9-10(14(20)22-2)16(18)8-6-4-3-5-7-15(9,17)11-12(16)23-11/h11-12H,3-8H2,1-2H3. The number of methoxy groups -OCH3 is 2. The zero-order valence-electron chi connectivity index (χ0n) is 13.2. The van der Waals surface area contributed by atoms with E-state index in [0.29, 0.717) is 11.1 Å². The van der Waals surface area contributed by atoms with Gasteiger partial charge < -0.3 is 14.2 Å². The van der Waals surface area contributed by atoms with E-state index in [0.717, 1.165) is 38.5 Å². The predicted octanol–water partition coefficient (Wildman–Crippen LogP) is 3.03. The van der Waals surface area contributed by atoms with Crippen LogP contribution in [0.15, 0.2) is 11.1 Å². The highest BCUT2D eigenvalue weighted by Crippen LogP contribution is 2.62. The van der Waals surface area contributed by atoms with E-state index < -0.39 is 20.6 Å². The number of alkyl halides is 2. The summed E-state index contributed by atoms with van der Waals surface area (Å²) in [6, 6.07) is 0. The quantitative estimate of drug-likeness (QED) is 0.366. The largest absolute Gasteiger partial charge is 0.466 e. The zero-order valence-corrected chi connectivity index (χ0v) is 16.4. The Kier molecular flexibility index (Phi) is 4.66. The second kappa shape index (κ2) is 6.15. The maximum absolute atomic E-state index is 12.6. The molecule has 2 aliphatic carbocycles. The number of rotatable bonds is 2. The molecule has 1 fully saturated rings. The van der Waals surface area contributed by atoms with Crippen LogP contribution in [0.3, 0.4) is 0 Å². The minimum Gasteiger partial charge on any atom is -0.466 e. The fourth-order valence-corrected chi connectivity index (χ4v) is 5.89. The number of epoxide rings is 1. The van der Waals surface area contributed by atoms with Gasteiger partial charge in [-0.3, -0.25) is 0 Å². The van der Waals surface area contributed by atoms with E-state index >= 15 is 0 Å². The summed E-state index contributed by atoms with van der Waals surface area (Å²) in [6.45, 7) is 0. The maximum Gasteiger partial charge on any atom is 0.335 e. The first-order valence-corrected chi connectivity index (χ1v) is 9.44. The number of esters is 2. The van der Waals surface area contributed by atoms with Crippen molar-refractivity contribution in [3.63, 3.8) is 0 Å². The number of fused-ring (bicyclic) bond motifs is 5. The monoisotopic (exact) mass is 450 g/mol. The van der Waals surface area contributed by atoms with Crippen LogP contribution in [0.1, 0.15) is 38.5 Å². The average molecular weight is 452 g/mol. The molecule has 0 aromatic rings. The fraction of sp³-hybridized carbons (Fsp3) is 0.750. The van der Waals surface area contributed by atoms with E-state index in [2.05, 4.69) is 31.9 Å². The average Bonchev–Trinajstić information content (AvgIpc) is 3.35. The van der Waals surface area contributed by atoms with Crippen molar-refractivity contribution in [2.75, 3.05) is 14.2 Å². The molecule has 1 heterocycles. The van der Waals surface area contributed by atoms with E-state index in [1.54, 1.807) is 0 Å². The number of ether oxygens (including phenoxy) is 3. The molecule has 128 valence electrons. The topological polar surface area (TPSA) is 65.1 Å². The lowest BCUT2D eigenvalue weighted by molar-refractivity contribution is -0.140. The van der Waals surface area contributed by atoms with E-state index in [9.17, 15) is 9.59 Å². The van der Waals surface area contributed by atoms with Gasteiger partial charge in [0.05, 0.1) is 34.0 Å². The van der Waals surface area contributed by atoms with Crippen LogP contribution in [0.25, 0.3) is 0 Å². The molecule has 1 saturated heterocycles. The van der Waals surface area contributed by atoms with Crippen molar-refractivity contribution < 1.29 is 23.8 Å². The van der Waals surface area contributed by atoms with Crippen LogP contribution in [-0.4, -0.2) is 47.0 Å². The molecule has 0 N–H and O–H groups in total. The first kappa shape index (κ1) is 17.4. The first-order valence-electron chi connectivity index (χ1n) is 7.85. The molecule has 0 aromatic carbocycles. The summed E-state index contributed by atoms with van der Waals surface area (Å²) in [4.78, 5) is 25.1. The zero-order chi connectivity index (χ0) is 16.8. The lowest BCUT2D eigenvalue weighted by atomic mass is 9.71. The molecule has 0 aromatic heterocycles. The first-order chi connectivity index (χ1) is 10.9. The molecule has 5 nitrogen and oxygen atoms in total. The minimum atomic E-state index is -0.692. The van der Waals surface area contributed by atoms with Gasteiger partial charge >= 0.3 is 11.9 Å². The summed E-state index contributed by atoms with van der Waals surface area (Å²) >= 11 is 7.48. The van der Waals surface area contributed by atoms with Gasteiger partial charge in [-0.05, 0) is 12.8 Å². The Hall–Kier alpha value is -0.400. The van der Waals surface area contributed by atoms with Crippen LogP contribution < -0.4 is 0 Å². The maximum atomic E-state index is 12.6. The summed E-state index contributed by atoms with van der Waals surface area (Å²) in [7, 11) is 2.67. The molecule has 7 heteroatoms. The summed E-state index contributed by atoms with van der Waals surface area (Å²) in [5.74, 6) is -0.999. The van der Waals surface area contributed by atoms with Gasteiger partial charge in [0.25, 0.3) is 0 Å². The highest BCUT2D eigenvalue weighted by molar-refractivity contribution is 9.10.